The van der Waals surface area contributed by atoms with Crippen molar-refractivity contribution in [1.82, 2.24) is 10.6 Å². The molecule has 2 heterocycles. The molecule has 1 aliphatic heterocycles. The molecule has 1 aromatic heterocycles. The van der Waals surface area contributed by atoms with Crippen LogP contribution >= 0.6 is 12.2 Å². The molecule has 1 fully saturated rings. The number of amides is 1. The Balaban J connectivity index is 1.92. The molecule has 0 saturated carbocycles. The highest BCUT2D eigenvalue weighted by molar-refractivity contribution is 7.80. The number of hydrogen-bond acceptors (Lipinski definition) is 3. The fourth-order valence-corrected chi connectivity index (χ4v) is 2.06. The van der Waals surface area contributed by atoms with E-state index in [9.17, 15) is 9.18 Å². The topological polar surface area (TPSA) is 54.3 Å². The number of carbonyl (C=O) groups excluding carboxylic acids is 1. The zero-order valence-corrected chi connectivity index (χ0v) is 11.0. The van der Waals surface area contributed by atoms with Crippen LogP contribution in [0.4, 0.5) is 4.39 Å². The van der Waals surface area contributed by atoms with Gasteiger partial charge in [-0.2, -0.15) is 0 Å². The van der Waals surface area contributed by atoms with Crippen molar-refractivity contribution in [3.63, 3.8) is 0 Å². The maximum atomic E-state index is 13.6. The lowest BCUT2D eigenvalue weighted by Crippen LogP contribution is -2.21. The first-order valence-corrected chi connectivity index (χ1v) is 6.23. The first-order valence-electron chi connectivity index (χ1n) is 5.82. The van der Waals surface area contributed by atoms with E-state index in [0.29, 0.717) is 22.8 Å². The highest BCUT2D eigenvalue weighted by Crippen LogP contribution is 2.25. The van der Waals surface area contributed by atoms with Crippen molar-refractivity contribution in [3.05, 3.63) is 53.7 Å². The van der Waals surface area contributed by atoms with Crippen molar-refractivity contribution in [2.45, 2.75) is 0 Å². The Morgan fingerprint density at radius 2 is 1.95 bits per heavy atom. The summed E-state index contributed by atoms with van der Waals surface area (Å²) in [5.41, 5.74) is 0.668. The Morgan fingerprint density at radius 1 is 1.15 bits per heavy atom. The molecule has 2 aromatic rings. The fraction of sp³-hybridized carbons (Fsp3) is 0. The van der Waals surface area contributed by atoms with Gasteiger partial charge >= 0.3 is 0 Å². The first-order chi connectivity index (χ1) is 9.63. The Labute approximate surface area is 119 Å². The standard InChI is InChI=1S/C14H9FN2O2S/c15-10-4-2-1-3-9(10)12-6-5-8(19-12)7-11-13(18)17-14(20)16-11/h1-7H,(H2,16,17,18,20)/b11-7+. The van der Waals surface area contributed by atoms with Crippen LogP contribution in [0.3, 0.4) is 0 Å². The molecule has 0 bridgehead atoms. The van der Waals surface area contributed by atoms with E-state index in [4.69, 9.17) is 16.6 Å². The molecule has 4 nitrogen and oxygen atoms in total. The predicted molar refractivity (Wildman–Crippen MR) is 76.0 cm³/mol. The Kier molecular flexibility index (Phi) is 3.08. The maximum Gasteiger partial charge on any atom is 0.274 e. The molecule has 0 spiro atoms. The van der Waals surface area contributed by atoms with Crippen LogP contribution in [0.25, 0.3) is 17.4 Å². The number of thiocarbonyl (C=S) groups is 1. The van der Waals surface area contributed by atoms with Gasteiger partial charge in [-0.3, -0.25) is 10.1 Å². The van der Waals surface area contributed by atoms with Crippen molar-refractivity contribution < 1.29 is 13.6 Å². The summed E-state index contributed by atoms with van der Waals surface area (Å²) in [6, 6.07) is 9.63. The molecule has 1 saturated heterocycles. The van der Waals surface area contributed by atoms with Crippen LogP contribution in [-0.4, -0.2) is 11.0 Å². The van der Waals surface area contributed by atoms with E-state index in [1.54, 1.807) is 30.3 Å². The van der Waals surface area contributed by atoms with Gasteiger partial charge in [0.15, 0.2) is 5.11 Å². The molecule has 20 heavy (non-hydrogen) atoms. The molecule has 1 aromatic carbocycles. The van der Waals surface area contributed by atoms with Gasteiger partial charge in [0, 0.05) is 6.08 Å². The molecule has 100 valence electrons. The van der Waals surface area contributed by atoms with Gasteiger partial charge in [0.1, 0.15) is 23.0 Å². The third kappa shape index (κ3) is 2.33. The van der Waals surface area contributed by atoms with Gasteiger partial charge < -0.3 is 9.73 Å². The first kappa shape index (κ1) is 12.6. The third-order valence-corrected chi connectivity index (χ3v) is 2.98. The van der Waals surface area contributed by atoms with E-state index >= 15 is 0 Å². The van der Waals surface area contributed by atoms with Gasteiger partial charge in [-0.25, -0.2) is 4.39 Å². The van der Waals surface area contributed by atoms with E-state index in [1.807, 2.05) is 0 Å². The van der Waals surface area contributed by atoms with Gasteiger partial charge in [0.05, 0.1) is 5.56 Å². The van der Waals surface area contributed by atoms with E-state index in [2.05, 4.69) is 10.6 Å². The third-order valence-electron chi connectivity index (χ3n) is 2.77. The quantitative estimate of drug-likeness (QED) is 0.658. The summed E-state index contributed by atoms with van der Waals surface area (Å²) < 4.78 is 19.2. The molecule has 1 aliphatic rings. The molecule has 1 amide bonds. The summed E-state index contributed by atoms with van der Waals surface area (Å²) in [5, 5.41) is 5.41. The van der Waals surface area contributed by atoms with E-state index < -0.39 is 0 Å². The van der Waals surface area contributed by atoms with Crippen molar-refractivity contribution in [2.24, 2.45) is 0 Å². The van der Waals surface area contributed by atoms with Gasteiger partial charge in [-0.15, -0.1) is 0 Å². The summed E-state index contributed by atoms with van der Waals surface area (Å²) in [6.07, 6.45) is 1.51. The number of rotatable bonds is 2. The lowest BCUT2D eigenvalue weighted by atomic mass is 10.1. The fourth-order valence-electron chi connectivity index (χ4n) is 1.86. The minimum absolute atomic E-state index is 0.252. The Morgan fingerprint density at radius 3 is 2.65 bits per heavy atom. The summed E-state index contributed by atoms with van der Waals surface area (Å²) in [4.78, 5) is 11.5. The highest BCUT2D eigenvalue weighted by atomic mass is 32.1. The normalized spacial score (nSPS) is 16.4. The van der Waals surface area contributed by atoms with Crippen LogP contribution in [-0.2, 0) is 4.79 Å². The second-order valence-corrected chi connectivity index (χ2v) is 4.56. The molecular formula is C14H9FN2O2S. The van der Waals surface area contributed by atoms with Crippen LogP contribution in [0.5, 0.6) is 0 Å². The minimum atomic E-state index is -0.362. The van der Waals surface area contributed by atoms with Crippen molar-refractivity contribution in [3.8, 4) is 11.3 Å². The monoisotopic (exact) mass is 288 g/mol. The maximum absolute atomic E-state index is 13.6. The van der Waals surface area contributed by atoms with E-state index in [0.717, 1.165) is 0 Å². The van der Waals surface area contributed by atoms with Crippen LogP contribution in [0.1, 0.15) is 5.76 Å². The molecule has 0 atom stereocenters. The van der Waals surface area contributed by atoms with E-state index in [1.165, 1.54) is 12.1 Å². The van der Waals surface area contributed by atoms with Gasteiger partial charge in [-0.05, 0) is 36.5 Å². The van der Waals surface area contributed by atoms with Gasteiger partial charge in [-0.1, -0.05) is 12.1 Å². The van der Waals surface area contributed by atoms with Gasteiger partial charge in [0.2, 0.25) is 0 Å². The lowest BCUT2D eigenvalue weighted by molar-refractivity contribution is -0.115. The van der Waals surface area contributed by atoms with Crippen LogP contribution in [0, 0.1) is 5.82 Å². The number of carbonyl (C=O) groups is 1. The number of benzene rings is 1. The number of nitrogens with one attached hydrogen (secondary N) is 2. The zero-order chi connectivity index (χ0) is 14.1. The molecule has 3 rings (SSSR count). The summed E-state index contributed by atoms with van der Waals surface area (Å²) in [6.45, 7) is 0. The average molecular weight is 288 g/mol. The molecule has 2 N–H and O–H groups in total. The average Bonchev–Trinajstić information content (AvgIpc) is 2.98. The Hall–Kier alpha value is -2.47. The van der Waals surface area contributed by atoms with Crippen molar-refractivity contribution in [1.29, 1.82) is 0 Å². The summed E-state index contributed by atoms with van der Waals surface area (Å²) >= 11 is 4.82. The molecule has 0 radical (unpaired) electrons. The minimum Gasteiger partial charge on any atom is -0.457 e. The zero-order valence-electron chi connectivity index (χ0n) is 10.1. The smallest absolute Gasteiger partial charge is 0.274 e. The van der Waals surface area contributed by atoms with Crippen LogP contribution in [0.2, 0.25) is 0 Å². The SMILES string of the molecule is O=C1NC(=S)N/C1=C/c1ccc(-c2ccccc2F)o1. The molecule has 0 unspecified atom stereocenters. The molecular weight excluding hydrogens is 279 g/mol. The molecule has 6 heteroatoms. The second kappa shape index (κ2) is 4.90. The van der Waals surface area contributed by atoms with Crippen LogP contribution < -0.4 is 10.6 Å². The summed E-state index contributed by atoms with van der Waals surface area (Å²) in [7, 11) is 0. The lowest BCUT2D eigenvalue weighted by Gasteiger charge is -1.98. The number of furan rings is 1. The largest absolute Gasteiger partial charge is 0.457 e. The predicted octanol–water partition coefficient (Wildman–Crippen LogP) is 2.43. The Bertz CT molecular complexity index is 736. The van der Waals surface area contributed by atoms with Crippen LogP contribution in [0.15, 0.2) is 46.5 Å². The van der Waals surface area contributed by atoms with Crippen molar-refractivity contribution >= 4 is 29.3 Å². The number of hydrogen-bond donors (Lipinski definition) is 2. The highest BCUT2D eigenvalue weighted by Gasteiger charge is 2.20. The summed E-state index contributed by atoms with van der Waals surface area (Å²) in [5.74, 6) is 0.152. The van der Waals surface area contributed by atoms with E-state index in [-0.39, 0.29) is 16.8 Å². The van der Waals surface area contributed by atoms with Crippen molar-refractivity contribution in [2.75, 3.05) is 0 Å². The second-order valence-electron chi connectivity index (χ2n) is 4.15. The molecule has 0 aliphatic carbocycles. The number of halogens is 1. The van der Waals surface area contributed by atoms with Gasteiger partial charge in [0.25, 0.3) is 5.91 Å².